The minimum atomic E-state index is -4.12. The molecule has 3 rings (SSSR count). The Bertz CT molecular complexity index is 979. The zero-order valence-electron chi connectivity index (χ0n) is 15.8. The predicted octanol–water partition coefficient (Wildman–Crippen LogP) is 2.94. The molecule has 1 saturated heterocycles. The summed E-state index contributed by atoms with van der Waals surface area (Å²) in [5, 5.41) is 9.12. The molecular weight excluding hydrogens is 398 g/mol. The van der Waals surface area contributed by atoms with Crippen LogP contribution in [0.3, 0.4) is 0 Å². The van der Waals surface area contributed by atoms with Gasteiger partial charge in [-0.3, -0.25) is 4.79 Å². The maximum atomic E-state index is 13.3. The molecule has 1 aliphatic heterocycles. The van der Waals surface area contributed by atoms with Gasteiger partial charge in [-0.25, -0.2) is 13.2 Å². The summed E-state index contributed by atoms with van der Waals surface area (Å²) in [7, 11) is -3.00. The van der Waals surface area contributed by atoms with Crippen LogP contribution in [0.5, 0.6) is 11.5 Å². The molecule has 0 radical (unpaired) electrons. The number of rotatable bonds is 5. The van der Waals surface area contributed by atoms with E-state index in [0.717, 1.165) is 12.0 Å². The number of piperidine rings is 1. The molecule has 0 bridgehead atoms. The number of sulfone groups is 1. The number of amides is 1. The molecule has 0 aromatic heterocycles. The van der Waals surface area contributed by atoms with E-state index >= 15 is 0 Å². The number of esters is 1. The standard InChI is InChI=1S/C20H21NO7S/c1-27-18(22)20(11-13-21(14-12-20)19(23)24)29(25,26)17-9-7-16(8-10-17)28-15-5-3-2-4-6-15/h2-10H,11-14H2,1H3,(H,23,24). The van der Waals surface area contributed by atoms with E-state index in [0.29, 0.717) is 11.5 Å². The summed E-state index contributed by atoms with van der Waals surface area (Å²) in [6.45, 7) is -0.141. The average molecular weight is 419 g/mol. The Labute approximate surface area is 168 Å². The first-order valence-electron chi connectivity index (χ1n) is 8.94. The van der Waals surface area contributed by atoms with Crippen LogP contribution in [0.4, 0.5) is 4.79 Å². The van der Waals surface area contributed by atoms with Crippen LogP contribution in [0.25, 0.3) is 0 Å². The number of hydrogen-bond donors (Lipinski definition) is 1. The van der Waals surface area contributed by atoms with Crippen molar-refractivity contribution in [3.05, 3.63) is 54.6 Å². The van der Waals surface area contributed by atoms with Gasteiger partial charge in [0.2, 0.25) is 0 Å². The van der Waals surface area contributed by atoms with Gasteiger partial charge in [-0.1, -0.05) is 18.2 Å². The van der Waals surface area contributed by atoms with Gasteiger partial charge in [0.15, 0.2) is 14.6 Å². The van der Waals surface area contributed by atoms with E-state index in [4.69, 9.17) is 14.6 Å². The second-order valence-electron chi connectivity index (χ2n) is 6.65. The first-order valence-corrected chi connectivity index (χ1v) is 10.4. The summed E-state index contributed by atoms with van der Waals surface area (Å²) in [5.74, 6) is 0.172. The summed E-state index contributed by atoms with van der Waals surface area (Å²) in [6.07, 6.45) is -1.49. The van der Waals surface area contributed by atoms with Gasteiger partial charge >= 0.3 is 12.1 Å². The van der Waals surface area contributed by atoms with E-state index in [1.165, 1.54) is 24.3 Å². The molecule has 2 aromatic rings. The SMILES string of the molecule is COC(=O)C1(S(=O)(=O)c2ccc(Oc3ccccc3)cc2)CCN(C(=O)O)CC1. The Balaban J connectivity index is 1.88. The first-order chi connectivity index (χ1) is 13.8. The fourth-order valence-corrected chi connectivity index (χ4v) is 5.33. The van der Waals surface area contributed by atoms with Crippen LogP contribution >= 0.6 is 0 Å². The van der Waals surface area contributed by atoms with E-state index in [1.54, 1.807) is 12.1 Å². The third kappa shape index (κ3) is 3.91. The maximum absolute atomic E-state index is 13.3. The number of likely N-dealkylation sites (tertiary alicyclic amines) is 1. The molecule has 9 heteroatoms. The third-order valence-electron chi connectivity index (χ3n) is 5.03. The van der Waals surface area contributed by atoms with Crippen LogP contribution in [0.15, 0.2) is 59.5 Å². The number of carbonyl (C=O) groups excluding carboxylic acids is 1. The molecule has 0 saturated carbocycles. The fraction of sp³-hybridized carbons (Fsp3) is 0.300. The normalized spacial score (nSPS) is 16.1. The molecule has 8 nitrogen and oxygen atoms in total. The minimum absolute atomic E-state index is 0.0490. The van der Waals surface area contributed by atoms with Crippen LogP contribution in [-0.4, -0.2) is 55.4 Å². The second kappa shape index (κ2) is 8.12. The Morgan fingerprint density at radius 1 is 0.966 bits per heavy atom. The highest BCUT2D eigenvalue weighted by Gasteiger charge is 2.54. The molecule has 0 atom stereocenters. The summed E-state index contributed by atoms with van der Waals surface area (Å²) in [4.78, 5) is 24.7. The Kier molecular flexibility index (Phi) is 5.78. The van der Waals surface area contributed by atoms with Gasteiger partial charge in [-0.05, 0) is 49.2 Å². The monoisotopic (exact) mass is 419 g/mol. The molecule has 1 fully saturated rings. The van der Waals surface area contributed by atoms with E-state index in [9.17, 15) is 18.0 Å². The van der Waals surface area contributed by atoms with Crippen molar-refractivity contribution in [3.8, 4) is 11.5 Å². The Morgan fingerprint density at radius 3 is 2.03 bits per heavy atom. The molecule has 1 amide bonds. The summed E-state index contributed by atoms with van der Waals surface area (Å²) >= 11 is 0. The molecule has 1 N–H and O–H groups in total. The molecule has 0 spiro atoms. The van der Waals surface area contributed by atoms with Crippen LogP contribution in [-0.2, 0) is 19.4 Å². The second-order valence-corrected chi connectivity index (χ2v) is 8.91. The number of methoxy groups -OCH3 is 1. The Morgan fingerprint density at radius 2 is 1.52 bits per heavy atom. The van der Waals surface area contributed by atoms with Crippen LogP contribution < -0.4 is 4.74 Å². The molecular formula is C20H21NO7S. The van der Waals surface area contributed by atoms with Gasteiger partial charge in [-0.15, -0.1) is 0 Å². The van der Waals surface area contributed by atoms with Gasteiger partial charge in [0.1, 0.15) is 11.5 Å². The van der Waals surface area contributed by atoms with Crippen LogP contribution in [0.1, 0.15) is 12.8 Å². The van der Waals surface area contributed by atoms with Crippen molar-refractivity contribution >= 4 is 21.9 Å². The van der Waals surface area contributed by atoms with Crippen molar-refractivity contribution in [2.45, 2.75) is 22.5 Å². The van der Waals surface area contributed by atoms with Crippen molar-refractivity contribution in [1.29, 1.82) is 0 Å². The molecule has 29 heavy (non-hydrogen) atoms. The number of hydrogen-bond acceptors (Lipinski definition) is 6. The van der Waals surface area contributed by atoms with Crippen LogP contribution in [0, 0.1) is 0 Å². The highest BCUT2D eigenvalue weighted by atomic mass is 32.2. The molecule has 154 valence electrons. The lowest BCUT2D eigenvalue weighted by molar-refractivity contribution is -0.145. The largest absolute Gasteiger partial charge is 0.468 e. The lowest BCUT2D eigenvalue weighted by atomic mass is 9.96. The lowest BCUT2D eigenvalue weighted by Crippen LogP contribution is -2.55. The minimum Gasteiger partial charge on any atom is -0.468 e. The van der Waals surface area contributed by atoms with Gasteiger partial charge in [0.25, 0.3) is 0 Å². The van der Waals surface area contributed by atoms with Crippen molar-refractivity contribution in [2.24, 2.45) is 0 Å². The van der Waals surface area contributed by atoms with Gasteiger partial charge < -0.3 is 19.5 Å². The molecule has 2 aromatic carbocycles. The molecule has 1 aliphatic rings. The van der Waals surface area contributed by atoms with Gasteiger partial charge in [0, 0.05) is 13.1 Å². The highest BCUT2D eigenvalue weighted by Crippen LogP contribution is 2.37. The number of carbonyl (C=O) groups is 2. The number of benzene rings is 2. The maximum Gasteiger partial charge on any atom is 0.407 e. The van der Waals surface area contributed by atoms with Crippen molar-refractivity contribution in [2.75, 3.05) is 20.2 Å². The predicted molar refractivity (Wildman–Crippen MR) is 104 cm³/mol. The zero-order valence-corrected chi connectivity index (χ0v) is 16.6. The van der Waals surface area contributed by atoms with E-state index in [2.05, 4.69) is 0 Å². The third-order valence-corrected chi connectivity index (χ3v) is 7.52. The van der Waals surface area contributed by atoms with E-state index < -0.39 is 26.6 Å². The number of ether oxygens (including phenoxy) is 2. The quantitative estimate of drug-likeness (QED) is 0.742. The highest BCUT2D eigenvalue weighted by molar-refractivity contribution is 7.93. The summed E-state index contributed by atoms with van der Waals surface area (Å²) < 4.78 is 35.3. The Hall–Kier alpha value is -3.07. The number of para-hydroxylation sites is 1. The first kappa shape index (κ1) is 20.7. The number of nitrogens with zero attached hydrogens (tertiary/aromatic N) is 1. The van der Waals surface area contributed by atoms with E-state index in [-0.39, 0.29) is 30.8 Å². The molecule has 0 aliphatic carbocycles. The van der Waals surface area contributed by atoms with Crippen molar-refractivity contribution in [1.82, 2.24) is 4.90 Å². The zero-order chi connectivity index (χ0) is 21.1. The van der Waals surface area contributed by atoms with Gasteiger partial charge in [-0.2, -0.15) is 0 Å². The topological polar surface area (TPSA) is 110 Å². The lowest BCUT2D eigenvalue weighted by Gasteiger charge is -2.37. The summed E-state index contributed by atoms with van der Waals surface area (Å²) in [6, 6.07) is 14.8. The van der Waals surface area contributed by atoms with Gasteiger partial charge in [0.05, 0.1) is 12.0 Å². The molecule has 0 unspecified atom stereocenters. The number of carboxylic acid groups (broad SMARTS) is 1. The van der Waals surface area contributed by atoms with Crippen molar-refractivity contribution in [3.63, 3.8) is 0 Å². The molecule has 1 heterocycles. The van der Waals surface area contributed by atoms with E-state index in [1.807, 2.05) is 18.2 Å². The smallest absolute Gasteiger partial charge is 0.407 e. The fourth-order valence-electron chi connectivity index (χ4n) is 3.36. The average Bonchev–Trinajstić information content (AvgIpc) is 2.74. The summed E-state index contributed by atoms with van der Waals surface area (Å²) in [5.41, 5.74) is 0. The van der Waals surface area contributed by atoms with Crippen molar-refractivity contribution < 1.29 is 32.6 Å². The van der Waals surface area contributed by atoms with Crippen LogP contribution in [0.2, 0.25) is 0 Å².